The molecule has 2 rings (SSSR count). The van der Waals surface area contributed by atoms with Gasteiger partial charge in [-0.05, 0) is 28.9 Å². The van der Waals surface area contributed by atoms with Crippen LogP contribution in [-0.4, -0.2) is 16.3 Å². The molecule has 0 fully saturated rings. The van der Waals surface area contributed by atoms with Gasteiger partial charge in [0.15, 0.2) is 0 Å². The summed E-state index contributed by atoms with van der Waals surface area (Å²) in [5.41, 5.74) is 1.90. The van der Waals surface area contributed by atoms with Crippen molar-refractivity contribution in [2.24, 2.45) is 5.14 Å². The van der Waals surface area contributed by atoms with Crippen molar-refractivity contribution in [3.05, 3.63) is 59.7 Å². The van der Waals surface area contributed by atoms with Gasteiger partial charge >= 0.3 is 5.97 Å². The summed E-state index contributed by atoms with van der Waals surface area (Å²) in [6, 6.07) is 7.38. The summed E-state index contributed by atoms with van der Waals surface area (Å²) in [6.07, 6.45) is 8.45. The van der Waals surface area contributed by atoms with Crippen LogP contribution in [0.25, 0.3) is 5.57 Å². The van der Waals surface area contributed by atoms with Crippen molar-refractivity contribution < 1.29 is 9.90 Å². The van der Waals surface area contributed by atoms with Crippen LogP contribution in [0.3, 0.4) is 0 Å². The lowest BCUT2D eigenvalue weighted by atomic mass is 10.00. The van der Waals surface area contributed by atoms with Crippen LogP contribution in [-0.2, 0) is 4.79 Å². The Hall–Kier alpha value is -1.35. The van der Waals surface area contributed by atoms with Gasteiger partial charge in [-0.3, -0.25) is 5.14 Å². The van der Waals surface area contributed by atoms with Crippen molar-refractivity contribution in [3.63, 3.8) is 0 Å². The van der Waals surface area contributed by atoms with Crippen LogP contribution in [0.15, 0.2) is 54.1 Å². The lowest BCUT2D eigenvalue weighted by Crippen LogP contribution is -2.05. The fourth-order valence-corrected chi connectivity index (χ4v) is 2.49. The van der Waals surface area contributed by atoms with Crippen LogP contribution in [0.4, 0.5) is 0 Å². The zero-order chi connectivity index (χ0) is 16.5. The largest absolute Gasteiger partial charge is 0.478 e. The van der Waals surface area contributed by atoms with Crippen LogP contribution in [0.5, 0.6) is 0 Å². The van der Waals surface area contributed by atoms with Gasteiger partial charge in [0, 0.05) is 5.25 Å². The smallest absolute Gasteiger partial charge is 0.336 e. The minimum Gasteiger partial charge on any atom is -0.478 e. The average Bonchev–Trinajstić information content (AvgIpc) is 2.56. The van der Waals surface area contributed by atoms with E-state index in [1.54, 1.807) is 6.08 Å². The number of rotatable bonds is 4. The molecule has 2 atom stereocenters. The molecule has 0 aromatic heterocycles. The molecule has 0 bridgehead atoms. The van der Waals surface area contributed by atoms with Gasteiger partial charge < -0.3 is 5.11 Å². The van der Waals surface area contributed by atoms with E-state index < -0.39 is 5.97 Å². The molecular formula is C17H22NO2PS. The molecule has 0 spiro atoms. The van der Waals surface area contributed by atoms with Crippen molar-refractivity contribution in [1.29, 1.82) is 0 Å². The molecule has 0 aliphatic heterocycles. The van der Waals surface area contributed by atoms with Gasteiger partial charge in [-0.25, -0.2) is 4.79 Å². The summed E-state index contributed by atoms with van der Waals surface area (Å²) >= 11 is 1.30. The summed E-state index contributed by atoms with van der Waals surface area (Å²) in [5, 5.41) is 16.2. The third-order valence-electron chi connectivity index (χ3n) is 3.03. The monoisotopic (exact) mass is 335 g/mol. The molecule has 1 aliphatic carbocycles. The fraction of sp³-hybridized carbons (Fsp3) is 0.235. The maximum atomic E-state index is 11.4. The topological polar surface area (TPSA) is 63.3 Å². The summed E-state index contributed by atoms with van der Waals surface area (Å²) in [5.74, 6) is -0.925. The second kappa shape index (κ2) is 9.62. The Kier molecular flexibility index (Phi) is 8.18. The maximum Gasteiger partial charge on any atom is 0.336 e. The highest BCUT2D eigenvalue weighted by molar-refractivity contribution is 7.97. The molecule has 118 valence electrons. The zero-order valence-corrected chi connectivity index (χ0v) is 14.8. The van der Waals surface area contributed by atoms with Crippen LogP contribution in [0, 0.1) is 0 Å². The Labute approximate surface area is 138 Å². The lowest BCUT2D eigenvalue weighted by Gasteiger charge is -2.12. The Morgan fingerprint density at radius 1 is 1.36 bits per heavy atom. The Bertz CT molecular complexity index is 591. The third-order valence-corrected chi connectivity index (χ3v) is 4.11. The molecule has 0 saturated carbocycles. The van der Waals surface area contributed by atoms with Crippen LogP contribution in [0.2, 0.25) is 0 Å². The maximum absolute atomic E-state index is 11.4. The summed E-state index contributed by atoms with van der Waals surface area (Å²) < 4.78 is 0. The Morgan fingerprint density at radius 2 is 2.00 bits per heavy atom. The molecule has 3 N–H and O–H groups in total. The zero-order valence-electron chi connectivity index (χ0n) is 12.8. The van der Waals surface area contributed by atoms with Gasteiger partial charge in [-0.15, -0.1) is 9.24 Å². The van der Waals surface area contributed by atoms with E-state index in [1.807, 2.05) is 56.3 Å². The molecule has 1 aromatic carbocycles. The molecule has 0 heterocycles. The standard InChI is InChI=1S/C15H16NO2PS.C2H6/c16-20-13-7-1-10(2-8-13)9-14(15(17)18)11-3-5-12(19)6-4-11;1-2/h1-7,9,13H,8,16,19H2,(H,17,18);1-2H3/b14-9+;. The molecule has 2 unspecified atom stereocenters. The number of carboxylic acids is 1. The summed E-state index contributed by atoms with van der Waals surface area (Å²) in [6.45, 7) is 4.00. The van der Waals surface area contributed by atoms with E-state index in [-0.39, 0.29) is 5.25 Å². The molecule has 22 heavy (non-hydrogen) atoms. The quantitative estimate of drug-likeness (QED) is 0.502. The van der Waals surface area contributed by atoms with Crippen LogP contribution in [0.1, 0.15) is 25.8 Å². The number of hydrogen-bond acceptors (Lipinski definition) is 3. The second-order valence-corrected chi connectivity index (χ2v) is 6.00. The highest BCUT2D eigenvalue weighted by Gasteiger charge is 2.12. The molecular weight excluding hydrogens is 313 g/mol. The van der Waals surface area contributed by atoms with Gasteiger partial charge in [-0.2, -0.15) is 0 Å². The van der Waals surface area contributed by atoms with Crippen molar-refractivity contribution in [2.45, 2.75) is 25.5 Å². The third kappa shape index (κ3) is 5.45. The minimum absolute atomic E-state index is 0.275. The van der Waals surface area contributed by atoms with E-state index in [0.29, 0.717) is 11.1 Å². The van der Waals surface area contributed by atoms with Crippen LogP contribution < -0.4 is 10.4 Å². The van der Waals surface area contributed by atoms with E-state index >= 15 is 0 Å². The number of hydrogen-bond donors (Lipinski definition) is 2. The van der Waals surface area contributed by atoms with E-state index in [9.17, 15) is 9.90 Å². The van der Waals surface area contributed by atoms with E-state index in [4.69, 9.17) is 5.14 Å². The first-order valence-corrected chi connectivity index (χ1v) is 8.67. The van der Waals surface area contributed by atoms with Crippen molar-refractivity contribution in [2.75, 3.05) is 0 Å². The molecule has 3 nitrogen and oxygen atoms in total. The molecule has 1 aliphatic rings. The predicted molar refractivity (Wildman–Crippen MR) is 100 cm³/mol. The first-order valence-electron chi connectivity index (χ1n) is 7.15. The first-order chi connectivity index (χ1) is 10.6. The first kappa shape index (κ1) is 18.7. The summed E-state index contributed by atoms with van der Waals surface area (Å²) in [7, 11) is 2.58. The van der Waals surface area contributed by atoms with Gasteiger partial charge in [-0.1, -0.05) is 68.3 Å². The van der Waals surface area contributed by atoms with Crippen molar-refractivity contribution >= 4 is 38.0 Å². The highest BCUT2D eigenvalue weighted by Crippen LogP contribution is 2.23. The Balaban J connectivity index is 0.00000116. The van der Waals surface area contributed by atoms with Gasteiger partial charge in [0.2, 0.25) is 0 Å². The van der Waals surface area contributed by atoms with E-state index in [2.05, 4.69) is 9.24 Å². The SMILES string of the molecule is CC.NSC1C=CC(/C=C(/C(=O)O)c2ccc(P)cc2)=CC1. The number of aliphatic carboxylic acids is 1. The minimum atomic E-state index is -0.925. The lowest BCUT2D eigenvalue weighted by molar-refractivity contribution is -0.130. The van der Waals surface area contributed by atoms with Crippen molar-refractivity contribution in [1.82, 2.24) is 0 Å². The van der Waals surface area contributed by atoms with Gasteiger partial charge in [0.05, 0.1) is 5.57 Å². The van der Waals surface area contributed by atoms with Crippen LogP contribution >= 0.6 is 21.2 Å². The number of allylic oxidation sites excluding steroid dienone is 4. The normalized spacial score (nSPS) is 17.4. The van der Waals surface area contributed by atoms with E-state index in [0.717, 1.165) is 17.3 Å². The number of carbonyl (C=O) groups is 1. The average molecular weight is 335 g/mol. The Morgan fingerprint density at radius 3 is 2.45 bits per heavy atom. The van der Waals surface area contributed by atoms with Gasteiger partial charge in [0.25, 0.3) is 0 Å². The predicted octanol–water partition coefficient (Wildman–Crippen LogP) is 3.54. The number of nitrogens with two attached hydrogens (primary N) is 1. The highest BCUT2D eigenvalue weighted by atomic mass is 32.2. The van der Waals surface area contributed by atoms with Crippen molar-refractivity contribution in [3.8, 4) is 0 Å². The molecule has 5 heteroatoms. The van der Waals surface area contributed by atoms with E-state index in [1.165, 1.54) is 11.9 Å². The second-order valence-electron chi connectivity index (χ2n) is 4.46. The molecule has 0 saturated heterocycles. The molecule has 0 radical (unpaired) electrons. The van der Waals surface area contributed by atoms with Gasteiger partial charge in [0.1, 0.15) is 0 Å². The summed E-state index contributed by atoms with van der Waals surface area (Å²) in [4.78, 5) is 11.4. The number of carboxylic acid groups (broad SMARTS) is 1. The number of benzene rings is 1. The molecule has 0 amide bonds. The molecule has 1 aromatic rings. The fourth-order valence-electron chi connectivity index (χ4n) is 1.92.